The number of nitrogens with zero attached hydrogens (tertiary/aromatic N) is 1. The molecule has 0 bridgehead atoms. The quantitative estimate of drug-likeness (QED) is 0.682. The van der Waals surface area contributed by atoms with Gasteiger partial charge in [0.05, 0.1) is 12.2 Å². The van der Waals surface area contributed by atoms with Crippen molar-refractivity contribution < 1.29 is 14.0 Å². The maximum Gasteiger partial charge on any atom is 0.289 e. The molecule has 2 amide bonds. The first-order valence-electron chi connectivity index (χ1n) is 4.01. The molecule has 0 aliphatic carbocycles. The van der Waals surface area contributed by atoms with Gasteiger partial charge in [-0.05, 0) is 6.92 Å². The van der Waals surface area contributed by atoms with E-state index in [1.807, 2.05) is 0 Å². The van der Waals surface area contributed by atoms with Crippen LogP contribution in [0.1, 0.15) is 22.1 Å². The van der Waals surface area contributed by atoms with E-state index >= 15 is 0 Å². The van der Waals surface area contributed by atoms with Gasteiger partial charge < -0.3 is 15.5 Å². The summed E-state index contributed by atoms with van der Waals surface area (Å²) in [6.07, 6.45) is 0. The first kappa shape index (κ1) is 10.2. The normalized spacial score (nSPS) is 9.86. The molecular formula is C8H11N3O3. The van der Waals surface area contributed by atoms with E-state index < -0.39 is 11.8 Å². The fourth-order valence-corrected chi connectivity index (χ4v) is 0.990. The van der Waals surface area contributed by atoms with Gasteiger partial charge in [-0.2, -0.15) is 0 Å². The van der Waals surface area contributed by atoms with Crippen LogP contribution in [-0.4, -0.2) is 23.3 Å². The Bertz CT molecular complexity index is 370. The molecule has 0 spiro atoms. The maximum atomic E-state index is 11.3. The summed E-state index contributed by atoms with van der Waals surface area (Å²) in [5, 5.41) is 2.31. The molecule has 1 aromatic heterocycles. The summed E-state index contributed by atoms with van der Waals surface area (Å²) in [6.45, 7) is 3.07. The van der Waals surface area contributed by atoms with E-state index in [0.29, 0.717) is 11.6 Å². The Morgan fingerprint density at radius 1 is 1.50 bits per heavy atom. The molecule has 0 saturated carbocycles. The largest absolute Gasteiger partial charge is 0.436 e. The summed E-state index contributed by atoms with van der Waals surface area (Å²) in [4.78, 5) is 25.6. The Morgan fingerprint density at radius 3 is 2.57 bits per heavy atom. The minimum Gasteiger partial charge on any atom is -0.436 e. The second-order valence-corrected chi connectivity index (χ2v) is 2.80. The zero-order valence-electron chi connectivity index (χ0n) is 7.96. The Morgan fingerprint density at radius 2 is 2.14 bits per heavy atom. The van der Waals surface area contributed by atoms with Gasteiger partial charge in [-0.15, -0.1) is 0 Å². The number of aromatic nitrogens is 1. The summed E-state index contributed by atoms with van der Waals surface area (Å²) in [7, 11) is 0. The average Bonchev–Trinajstić information content (AvgIpc) is 2.41. The molecule has 0 aliphatic rings. The molecule has 0 atom stereocenters. The third kappa shape index (κ3) is 2.32. The molecule has 6 heteroatoms. The number of nitrogens with two attached hydrogens (primary N) is 1. The number of rotatable bonds is 3. The standard InChI is InChI=1S/C8H11N3O3/c1-4-7(14-5(2)11-4)8(13)10-3-6(9)12/h3H2,1-2H3,(H2,9,12)(H,10,13). The number of carbonyl (C=O) groups excluding carboxylic acids is 2. The van der Waals surface area contributed by atoms with Gasteiger partial charge in [0.15, 0.2) is 5.89 Å². The lowest BCUT2D eigenvalue weighted by Gasteiger charge is -1.98. The first-order valence-corrected chi connectivity index (χ1v) is 4.01. The van der Waals surface area contributed by atoms with Crippen molar-refractivity contribution in [3.8, 4) is 0 Å². The molecule has 1 heterocycles. The zero-order valence-corrected chi connectivity index (χ0v) is 7.96. The zero-order chi connectivity index (χ0) is 10.7. The van der Waals surface area contributed by atoms with Crippen LogP contribution in [0.25, 0.3) is 0 Å². The average molecular weight is 197 g/mol. The molecule has 0 radical (unpaired) electrons. The van der Waals surface area contributed by atoms with E-state index in [1.54, 1.807) is 13.8 Å². The SMILES string of the molecule is Cc1nc(C)c(C(=O)NCC(N)=O)o1. The summed E-state index contributed by atoms with van der Waals surface area (Å²) >= 11 is 0. The monoisotopic (exact) mass is 197 g/mol. The fourth-order valence-electron chi connectivity index (χ4n) is 0.990. The van der Waals surface area contributed by atoms with Gasteiger partial charge in [-0.1, -0.05) is 0 Å². The molecule has 76 valence electrons. The second-order valence-electron chi connectivity index (χ2n) is 2.80. The predicted molar refractivity (Wildman–Crippen MR) is 47.5 cm³/mol. The maximum absolute atomic E-state index is 11.3. The van der Waals surface area contributed by atoms with Crippen LogP contribution >= 0.6 is 0 Å². The minimum absolute atomic E-state index is 0.115. The lowest BCUT2D eigenvalue weighted by molar-refractivity contribution is -0.117. The number of primary amides is 1. The van der Waals surface area contributed by atoms with E-state index in [-0.39, 0.29) is 12.3 Å². The van der Waals surface area contributed by atoms with Crippen LogP contribution in [0.4, 0.5) is 0 Å². The highest BCUT2D eigenvalue weighted by Crippen LogP contribution is 2.08. The van der Waals surface area contributed by atoms with E-state index in [9.17, 15) is 9.59 Å². The van der Waals surface area contributed by atoms with Crippen LogP contribution in [0, 0.1) is 13.8 Å². The van der Waals surface area contributed by atoms with Crippen molar-refractivity contribution in [2.24, 2.45) is 5.73 Å². The second kappa shape index (κ2) is 3.91. The topological polar surface area (TPSA) is 98.2 Å². The molecule has 3 N–H and O–H groups in total. The van der Waals surface area contributed by atoms with Crippen molar-refractivity contribution in [2.45, 2.75) is 13.8 Å². The van der Waals surface area contributed by atoms with Crippen molar-refractivity contribution in [2.75, 3.05) is 6.54 Å². The van der Waals surface area contributed by atoms with E-state index in [2.05, 4.69) is 10.3 Å². The number of hydrogen-bond donors (Lipinski definition) is 2. The fraction of sp³-hybridized carbons (Fsp3) is 0.375. The summed E-state index contributed by atoms with van der Waals surface area (Å²) in [6, 6.07) is 0. The van der Waals surface area contributed by atoms with Crippen LogP contribution in [0.5, 0.6) is 0 Å². The van der Waals surface area contributed by atoms with Gasteiger partial charge in [-0.3, -0.25) is 9.59 Å². The molecule has 0 saturated heterocycles. The predicted octanol–water partition coefficient (Wildman–Crippen LogP) is -0.493. The number of aryl methyl sites for hydroxylation is 2. The van der Waals surface area contributed by atoms with Gasteiger partial charge in [0.1, 0.15) is 0 Å². The Balaban J connectivity index is 2.69. The number of carbonyl (C=O) groups is 2. The van der Waals surface area contributed by atoms with Crippen LogP contribution in [0.15, 0.2) is 4.42 Å². The van der Waals surface area contributed by atoms with Gasteiger partial charge >= 0.3 is 0 Å². The summed E-state index contributed by atoms with van der Waals surface area (Å²) in [5.41, 5.74) is 5.35. The van der Waals surface area contributed by atoms with Crippen LogP contribution < -0.4 is 11.1 Å². The number of amides is 2. The molecule has 0 aromatic carbocycles. The summed E-state index contributed by atoms with van der Waals surface area (Å²) < 4.78 is 5.03. The van der Waals surface area contributed by atoms with Crippen molar-refractivity contribution in [1.29, 1.82) is 0 Å². The summed E-state index contributed by atoms with van der Waals surface area (Å²) in [5.74, 6) is -0.565. The Labute approximate surface area is 80.5 Å². The highest BCUT2D eigenvalue weighted by Gasteiger charge is 2.15. The smallest absolute Gasteiger partial charge is 0.289 e. The molecule has 1 aromatic rings. The van der Waals surface area contributed by atoms with E-state index in [0.717, 1.165) is 0 Å². The molecule has 0 aliphatic heterocycles. The molecule has 0 fully saturated rings. The lowest BCUT2D eigenvalue weighted by Crippen LogP contribution is -2.33. The molecular weight excluding hydrogens is 186 g/mol. The number of hydrogen-bond acceptors (Lipinski definition) is 4. The van der Waals surface area contributed by atoms with Crippen LogP contribution in [0.3, 0.4) is 0 Å². The molecule has 0 unspecified atom stereocenters. The Kier molecular flexibility index (Phi) is 2.85. The van der Waals surface area contributed by atoms with E-state index in [4.69, 9.17) is 10.2 Å². The minimum atomic E-state index is -0.604. The Hall–Kier alpha value is -1.85. The lowest BCUT2D eigenvalue weighted by atomic mass is 10.3. The van der Waals surface area contributed by atoms with Crippen LogP contribution in [-0.2, 0) is 4.79 Å². The number of nitrogens with one attached hydrogen (secondary N) is 1. The third-order valence-electron chi connectivity index (χ3n) is 1.53. The van der Waals surface area contributed by atoms with Crippen molar-refractivity contribution in [3.63, 3.8) is 0 Å². The highest BCUT2D eigenvalue weighted by molar-refractivity contribution is 5.94. The highest BCUT2D eigenvalue weighted by atomic mass is 16.4. The third-order valence-corrected chi connectivity index (χ3v) is 1.53. The van der Waals surface area contributed by atoms with E-state index in [1.165, 1.54) is 0 Å². The van der Waals surface area contributed by atoms with Crippen LogP contribution in [0.2, 0.25) is 0 Å². The van der Waals surface area contributed by atoms with Gasteiger partial charge in [0, 0.05) is 6.92 Å². The number of oxazole rings is 1. The van der Waals surface area contributed by atoms with Crippen molar-refractivity contribution in [3.05, 3.63) is 17.3 Å². The van der Waals surface area contributed by atoms with Gasteiger partial charge in [0.2, 0.25) is 11.7 Å². The van der Waals surface area contributed by atoms with Gasteiger partial charge in [-0.25, -0.2) is 4.98 Å². The first-order chi connectivity index (χ1) is 6.50. The van der Waals surface area contributed by atoms with Crippen molar-refractivity contribution >= 4 is 11.8 Å². The van der Waals surface area contributed by atoms with Crippen molar-refractivity contribution in [1.82, 2.24) is 10.3 Å². The molecule has 14 heavy (non-hydrogen) atoms. The van der Waals surface area contributed by atoms with Gasteiger partial charge in [0.25, 0.3) is 5.91 Å². The molecule has 1 rings (SSSR count). The molecule has 6 nitrogen and oxygen atoms in total.